The number of nitrogens with one attached hydrogen (secondary N) is 1. The van der Waals surface area contributed by atoms with Crippen molar-refractivity contribution in [2.75, 3.05) is 11.9 Å². The number of nitrogens with zero attached hydrogens (tertiary/aromatic N) is 1. The van der Waals surface area contributed by atoms with E-state index in [2.05, 4.69) is 10.3 Å². The predicted octanol–water partition coefficient (Wildman–Crippen LogP) is 3.79. The maximum atomic E-state index is 10.4. The van der Waals surface area contributed by atoms with E-state index in [0.29, 0.717) is 0 Å². The Labute approximate surface area is 164 Å². The highest BCUT2D eigenvalue weighted by molar-refractivity contribution is 14.0. The summed E-state index contributed by atoms with van der Waals surface area (Å²) < 4.78 is 5.59. The third-order valence-electron chi connectivity index (χ3n) is 3.20. The molecule has 0 amide bonds. The largest absolute Gasteiger partial charge is 0.491 e. The molecular weight excluding hydrogens is 437 g/mol. The number of aliphatic hydroxyl groups is 1. The van der Waals surface area contributed by atoms with Crippen molar-refractivity contribution in [3.8, 4) is 5.75 Å². The summed E-state index contributed by atoms with van der Waals surface area (Å²) in [7, 11) is 0. The maximum absolute atomic E-state index is 10.4. The van der Waals surface area contributed by atoms with Crippen LogP contribution in [0.1, 0.15) is 26.3 Å². The van der Waals surface area contributed by atoms with Gasteiger partial charge in [0.15, 0.2) is 5.96 Å². The molecule has 1 unspecified atom stereocenters. The lowest BCUT2D eigenvalue weighted by molar-refractivity contribution is 0.0678. The van der Waals surface area contributed by atoms with Crippen LogP contribution in [-0.4, -0.2) is 23.7 Å². The molecule has 5 nitrogen and oxygen atoms in total. The van der Waals surface area contributed by atoms with Gasteiger partial charge in [0.05, 0.1) is 12.6 Å². The minimum atomic E-state index is -1.03. The zero-order chi connectivity index (χ0) is 16.9. The Morgan fingerprint density at radius 3 is 2.54 bits per heavy atom. The summed E-state index contributed by atoms with van der Waals surface area (Å²) in [5.41, 5.74) is 6.52. The number of nitrogens with two attached hydrogens (primary N) is 1. The Bertz CT molecular complexity index is 640. The smallest absolute Gasteiger partial charge is 0.193 e. The van der Waals surface area contributed by atoms with Gasteiger partial charge in [0.2, 0.25) is 0 Å². The highest BCUT2D eigenvalue weighted by Crippen LogP contribution is 2.23. The summed E-state index contributed by atoms with van der Waals surface area (Å²) in [6, 6.07) is 9.37. The van der Waals surface area contributed by atoms with Gasteiger partial charge in [-0.3, -0.25) is 0 Å². The van der Waals surface area contributed by atoms with Gasteiger partial charge < -0.3 is 20.9 Å². The molecule has 7 heteroatoms. The van der Waals surface area contributed by atoms with Gasteiger partial charge >= 0.3 is 0 Å². The Balaban J connectivity index is 0.00000288. The Hall–Kier alpha value is -1.32. The molecule has 0 spiro atoms. The lowest BCUT2D eigenvalue weighted by Gasteiger charge is -2.20. The van der Waals surface area contributed by atoms with E-state index >= 15 is 0 Å². The summed E-state index contributed by atoms with van der Waals surface area (Å²) in [5, 5.41) is 17.2. The predicted molar refractivity (Wildman–Crippen MR) is 112 cm³/mol. The van der Waals surface area contributed by atoms with Crippen LogP contribution in [0.4, 0.5) is 5.69 Å². The molecule has 1 heterocycles. The number of hydrogen-bond donors (Lipinski definition) is 3. The molecule has 0 saturated heterocycles. The van der Waals surface area contributed by atoms with Crippen molar-refractivity contribution in [3.05, 3.63) is 46.7 Å². The molecule has 0 fully saturated rings. The first kappa shape index (κ1) is 20.7. The first-order chi connectivity index (χ1) is 10.9. The van der Waals surface area contributed by atoms with Crippen molar-refractivity contribution in [3.63, 3.8) is 0 Å². The summed E-state index contributed by atoms with van der Waals surface area (Å²) in [4.78, 5) is 4.22. The minimum absolute atomic E-state index is 0. The number of guanidine groups is 1. The molecule has 0 saturated carbocycles. The normalized spacial score (nSPS) is 14.0. The van der Waals surface area contributed by atoms with Crippen LogP contribution in [0.25, 0.3) is 0 Å². The van der Waals surface area contributed by atoms with Gasteiger partial charge in [0.25, 0.3) is 0 Å². The van der Waals surface area contributed by atoms with Crippen molar-refractivity contribution >= 4 is 47.0 Å². The van der Waals surface area contributed by atoms with Gasteiger partial charge in [-0.2, -0.15) is 11.3 Å². The van der Waals surface area contributed by atoms with Crippen molar-refractivity contribution in [2.45, 2.75) is 32.5 Å². The quantitative estimate of drug-likeness (QED) is 0.348. The minimum Gasteiger partial charge on any atom is -0.491 e. The van der Waals surface area contributed by atoms with Crippen molar-refractivity contribution in [2.24, 2.45) is 10.7 Å². The number of anilines is 1. The van der Waals surface area contributed by atoms with E-state index < -0.39 is 5.60 Å². The fourth-order valence-electron chi connectivity index (χ4n) is 1.98. The molecule has 24 heavy (non-hydrogen) atoms. The van der Waals surface area contributed by atoms with Crippen LogP contribution in [-0.2, 0) is 5.60 Å². The summed E-state index contributed by atoms with van der Waals surface area (Å²) in [6.45, 7) is 5.88. The number of rotatable bonds is 6. The molecule has 1 aromatic heterocycles. The SMILES string of the molecule is CC(C)Oc1ccc(NC(N)=NCC(C)(O)c2ccsc2)cc1.I. The summed E-state index contributed by atoms with van der Waals surface area (Å²) in [5.74, 6) is 1.07. The van der Waals surface area contributed by atoms with Crippen LogP contribution in [0.5, 0.6) is 5.75 Å². The average molecular weight is 461 g/mol. The molecule has 0 radical (unpaired) electrons. The van der Waals surface area contributed by atoms with Crippen LogP contribution in [0.3, 0.4) is 0 Å². The first-order valence-corrected chi connectivity index (χ1v) is 8.40. The number of ether oxygens (including phenoxy) is 1. The van der Waals surface area contributed by atoms with Crippen LogP contribution < -0.4 is 15.8 Å². The zero-order valence-corrected chi connectivity index (χ0v) is 17.2. The van der Waals surface area contributed by atoms with Gasteiger partial charge in [-0.15, -0.1) is 24.0 Å². The second-order valence-corrected chi connectivity index (χ2v) is 6.58. The molecule has 2 rings (SSSR count). The summed E-state index contributed by atoms with van der Waals surface area (Å²) in [6.07, 6.45) is 0.139. The second kappa shape index (κ2) is 9.24. The van der Waals surface area contributed by atoms with Crippen LogP contribution in [0, 0.1) is 0 Å². The van der Waals surface area contributed by atoms with Crippen molar-refractivity contribution < 1.29 is 9.84 Å². The van der Waals surface area contributed by atoms with E-state index in [1.807, 2.05) is 54.9 Å². The number of halogens is 1. The Morgan fingerprint density at radius 2 is 2.00 bits per heavy atom. The van der Waals surface area contributed by atoms with Crippen LogP contribution in [0.2, 0.25) is 0 Å². The highest BCUT2D eigenvalue weighted by atomic mass is 127. The fraction of sp³-hybridized carbons (Fsp3) is 0.353. The van der Waals surface area contributed by atoms with Crippen LogP contribution >= 0.6 is 35.3 Å². The van der Waals surface area contributed by atoms with E-state index in [1.165, 1.54) is 0 Å². The molecule has 2 aromatic rings. The number of hydrogen-bond acceptors (Lipinski definition) is 4. The number of aliphatic imine (C=N–C) groups is 1. The Morgan fingerprint density at radius 1 is 1.33 bits per heavy atom. The van der Waals surface area contributed by atoms with Gasteiger partial charge in [0.1, 0.15) is 11.4 Å². The molecule has 132 valence electrons. The monoisotopic (exact) mass is 461 g/mol. The second-order valence-electron chi connectivity index (χ2n) is 5.80. The lowest BCUT2D eigenvalue weighted by atomic mass is 10.00. The molecule has 1 aromatic carbocycles. The van der Waals surface area contributed by atoms with E-state index in [4.69, 9.17) is 10.5 Å². The highest BCUT2D eigenvalue weighted by Gasteiger charge is 2.23. The molecule has 0 aliphatic carbocycles. The topological polar surface area (TPSA) is 79.9 Å². The molecule has 0 aliphatic rings. The maximum Gasteiger partial charge on any atom is 0.193 e. The molecule has 0 bridgehead atoms. The third kappa shape index (κ3) is 6.29. The van der Waals surface area contributed by atoms with E-state index in [-0.39, 0.29) is 42.6 Å². The van der Waals surface area contributed by atoms with Crippen molar-refractivity contribution in [1.82, 2.24) is 0 Å². The van der Waals surface area contributed by atoms with Gasteiger partial charge in [-0.25, -0.2) is 4.99 Å². The van der Waals surface area contributed by atoms with Gasteiger partial charge in [-0.1, -0.05) is 0 Å². The molecule has 4 N–H and O–H groups in total. The first-order valence-electron chi connectivity index (χ1n) is 7.45. The third-order valence-corrected chi connectivity index (χ3v) is 3.88. The molecular formula is C17H24IN3O2S. The van der Waals surface area contributed by atoms with E-state index in [9.17, 15) is 5.11 Å². The van der Waals surface area contributed by atoms with Crippen molar-refractivity contribution in [1.29, 1.82) is 0 Å². The lowest BCUT2D eigenvalue weighted by Crippen LogP contribution is -2.29. The van der Waals surface area contributed by atoms with E-state index in [0.717, 1.165) is 17.0 Å². The fourth-order valence-corrected chi connectivity index (χ4v) is 2.76. The number of benzene rings is 1. The number of thiophene rings is 1. The van der Waals surface area contributed by atoms with E-state index in [1.54, 1.807) is 18.3 Å². The zero-order valence-electron chi connectivity index (χ0n) is 14.0. The standard InChI is InChI=1S/C17H23N3O2S.HI/c1-12(2)22-15-6-4-14(5-7-15)20-16(18)19-11-17(3,21)13-8-9-23-10-13;/h4-10,12,21H,11H2,1-3H3,(H3,18,19,20);1H. The molecule has 1 atom stereocenters. The van der Waals surface area contributed by atoms with Gasteiger partial charge in [-0.05, 0) is 67.4 Å². The van der Waals surface area contributed by atoms with Gasteiger partial charge in [0, 0.05) is 5.69 Å². The summed E-state index contributed by atoms with van der Waals surface area (Å²) >= 11 is 1.54. The Kier molecular flexibility index (Phi) is 7.98. The average Bonchev–Trinajstić information content (AvgIpc) is 3.02. The molecule has 0 aliphatic heterocycles. The van der Waals surface area contributed by atoms with Crippen LogP contribution in [0.15, 0.2) is 46.1 Å².